The quantitative estimate of drug-likeness (QED) is 0.826. The van der Waals surface area contributed by atoms with Crippen LogP contribution in [-0.2, 0) is 0 Å². The minimum absolute atomic E-state index is 0.202. The van der Waals surface area contributed by atoms with E-state index in [9.17, 15) is 0 Å². The number of nitrogens with one attached hydrogen (secondary N) is 1. The third-order valence-electron chi connectivity index (χ3n) is 1.98. The van der Waals surface area contributed by atoms with Gasteiger partial charge >= 0.3 is 0 Å². The second-order valence-electron chi connectivity index (χ2n) is 3.24. The average molecular weight is 290 g/mol. The predicted molar refractivity (Wildman–Crippen MR) is 71.2 cm³/mol. The third-order valence-corrected chi connectivity index (χ3v) is 2.77. The Balaban J connectivity index is 2.37. The minimum atomic E-state index is 0.202. The van der Waals surface area contributed by atoms with E-state index in [0.717, 1.165) is 0 Å². The Hall–Kier alpha value is -1.23. The van der Waals surface area contributed by atoms with Crippen LogP contribution in [0.25, 0.3) is 0 Å². The molecule has 0 atom stereocenters. The van der Waals surface area contributed by atoms with Crippen LogP contribution in [-0.4, -0.2) is 10.2 Å². The first kappa shape index (κ1) is 12.2. The second kappa shape index (κ2) is 4.96. The van der Waals surface area contributed by atoms with Gasteiger partial charge in [0.2, 0.25) is 0 Å². The Kier molecular flexibility index (Phi) is 3.57. The van der Waals surface area contributed by atoms with Crippen LogP contribution >= 0.6 is 34.8 Å². The van der Waals surface area contributed by atoms with Crippen LogP contribution in [0.5, 0.6) is 0 Å². The van der Waals surface area contributed by atoms with E-state index in [4.69, 9.17) is 40.5 Å². The topological polar surface area (TPSA) is 63.8 Å². The Labute approximate surface area is 113 Å². The van der Waals surface area contributed by atoms with Crippen molar-refractivity contribution in [1.82, 2.24) is 10.2 Å². The van der Waals surface area contributed by atoms with Gasteiger partial charge in [0.1, 0.15) is 0 Å². The summed E-state index contributed by atoms with van der Waals surface area (Å²) in [6.45, 7) is 0. The summed E-state index contributed by atoms with van der Waals surface area (Å²) >= 11 is 17.6. The lowest BCUT2D eigenvalue weighted by atomic mass is 10.2. The summed E-state index contributed by atoms with van der Waals surface area (Å²) in [6, 6.07) is 6.62. The largest absolute Gasteiger partial charge is 0.399 e. The molecule has 0 radical (unpaired) electrons. The number of aromatic nitrogens is 2. The highest BCUT2D eigenvalue weighted by Gasteiger charge is 2.07. The average Bonchev–Trinajstić information content (AvgIpc) is 2.28. The molecule has 0 saturated carbocycles. The highest BCUT2D eigenvalue weighted by atomic mass is 35.5. The van der Waals surface area contributed by atoms with E-state index in [1.807, 2.05) is 0 Å². The second-order valence-corrected chi connectivity index (χ2v) is 4.39. The Morgan fingerprint density at radius 3 is 2.53 bits per heavy atom. The van der Waals surface area contributed by atoms with E-state index in [2.05, 4.69) is 15.5 Å². The SMILES string of the molecule is Nc1ccc(Cl)c(Nc2cc(Cl)nnc2Cl)c1. The first-order valence-corrected chi connectivity index (χ1v) is 5.70. The van der Waals surface area contributed by atoms with Gasteiger partial charge in [-0.15, -0.1) is 10.2 Å². The van der Waals surface area contributed by atoms with Crippen LogP contribution in [0, 0.1) is 0 Å². The van der Waals surface area contributed by atoms with E-state index in [1.54, 1.807) is 24.3 Å². The Morgan fingerprint density at radius 2 is 1.76 bits per heavy atom. The van der Waals surface area contributed by atoms with Crippen molar-refractivity contribution in [1.29, 1.82) is 0 Å². The fraction of sp³-hybridized carbons (Fsp3) is 0. The van der Waals surface area contributed by atoms with Gasteiger partial charge in [-0.2, -0.15) is 0 Å². The Morgan fingerprint density at radius 1 is 1.00 bits per heavy atom. The summed E-state index contributed by atoms with van der Waals surface area (Å²) in [5.41, 5.74) is 7.38. The van der Waals surface area contributed by atoms with Gasteiger partial charge in [-0.3, -0.25) is 0 Å². The fourth-order valence-electron chi connectivity index (χ4n) is 1.22. The van der Waals surface area contributed by atoms with Gasteiger partial charge in [-0.25, -0.2) is 0 Å². The summed E-state index contributed by atoms with van der Waals surface area (Å²) < 4.78 is 0. The van der Waals surface area contributed by atoms with Crippen molar-refractivity contribution in [2.75, 3.05) is 11.1 Å². The molecule has 0 aliphatic rings. The van der Waals surface area contributed by atoms with Gasteiger partial charge in [-0.05, 0) is 18.2 Å². The molecule has 0 unspecified atom stereocenters. The van der Waals surface area contributed by atoms with E-state index < -0.39 is 0 Å². The molecule has 0 fully saturated rings. The number of hydrogen-bond donors (Lipinski definition) is 2. The molecule has 1 aromatic heterocycles. The standard InChI is InChI=1S/C10H7Cl3N4/c11-6-2-1-5(14)3-7(6)15-8-4-9(12)16-17-10(8)13/h1-4H,14H2,(H,15,16). The monoisotopic (exact) mass is 288 g/mol. The molecule has 0 aliphatic carbocycles. The first-order chi connectivity index (χ1) is 8.06. The number of nitrogens with zero attached hydrogens (tertiary/aromatic N) is 2. The molecule has 1 heterocycles. The van der Waals surface area contributed by atoms with Gasteiger partial charge in [0.25, 0.3) is 0 Å². The zero-order valence-electron chi connectivity index (χ0n) is 8.42. The van der Waals surface area contributed by atoms with E-state index in [1.165, 1.54) is 0 Å². The highest BCUT2D eigenvalue weighted by Crippen LogP contribution is 2.30. The molecule has 2 aromatic rings. The minimum Gasteiger partial charge on any atom is -0.399 e. The molecule has 0 aliphatic heterocycles. The van der Waals surface area contributed by atoms with Crippen molar-refractivity contribution < 1.29 is 0 Å². The van der Waals surface area contributed by atoms with Gasteiger partial charge in [-0.1, -0.05) is 34.8 Å². The molecule has 0 amide bonds. The fourth-order valence-corrected chi connectivity index (χ4v) is 1.68. The van der Waals surface area contributed by atoms with Crippen molar-refractivity contribution in [2.45, 2.75) is 0 Å². The summed E-state index contributed by atoms with van der Waals surface area (Å²) in [7, 11) is 0. The predicted octanol–water partition coefficient (Wildman–Crippen LogP) is 3.76. The number of anilines is 3. The third kappa shape index (κ3) is 2.91. The van der Waals surface area contributed by atoms with Gasteiger partial charge in [0.05, 0.1) is 16.4 Å². The van der Waals surface area contributed by atoms with Crippen LogP contribution in [0.15, 0.2) is 24.3 Å². The highest BCUT2D eigenvalue weighted by molar-refractivity contribution is 6.35. The lowest BCUT2D eigenvalue weighted by molar-refractivity contribution is 1.03. The van der Waals surface area contributed by atoms with E-state index in [0.29, 0.717) is 22.1 Å². The normalized spacial score (nSPS) is 10.3. The number of halogens is 3. The zero-order chi connectivity index (χ0) is 12.4. The molecule has 2 rings (SSSR count). The molecular formula is C10H7Cl3N4. The molecule has 1 aromatic carbocycles. The lowest BCUT2D eigenvalue weighted by Crippen LogP contribution is -1.96. The van der Waals surface area contributed by atoms with Gasteiger partial charge in [0, 0.05) is 11.8 Å². The van der Waals surface area contributed by atoms with E-state index >= 15 is 0 Å². The van der Waals surface area contributed by atoms with Crippen LogP contribution < -0.4 is 11.1 Å². The van der Waals surface area contributed by atoms with Crippen molar-refractivity contribution in [2.24, 2.45) is 0 Å². The summed E-state index contributed by atoms with van der Waals surface area (Å²) in [5, 5.41) is 11.2. The van der Waals surface area contributed by atoms with Crippen LogP contribution in [0.2, 0.25) is 15.3 Å². The molecule has 88 valence electrons. The smallest absolute Gasteiger partial charge is 0.175 e. The summed E-state index contributed by atoms with van der Waals surface area (Å²) in [4.78, 5) is 0. The molecule has 7 heteroatoms. The van der Waals surface area contributed by atoms with Crippen LogP contribution in [0.1, 0.15) is 0 Å². The first-order valence-electron chi connectivity index (χ1n) is 4.57. The number of benzene rings is 1. The number of nitrogen functional groups attached to an aromatic ring is 1. The molecule has 0 bridgehead atoms. The van der Waals surface area contributed by atoms with Crippen LogP contribution in [0.3, 0.4) is 0 Å². The number of rotatable bonds is 2. The van der Waals surface area contributed by atoms with Crippen molar-refractivity contribution in [3.63, 3.8) is 0 Å². The number of hydrogen-bond acceptors (Lipinski definition) is 4. The van der Waals surface area contributed by atoms with Crippen molar-refractivity contribution in [3.05, 3.63) is 39.6 Å². The van der Waals surface area contributed by atoms with Crippen molar-refractivity contribution >= 4 is 51.9 Å². The van der Waals surface area contributed by atoms with Crippen LogP contribution in [0.4, 0.5) is 17.1 Å². The van der Waals surface area contributed by atoms with Gasteiger partial charge < -0.3 is 11.1 Å². The lowest BCUT2D eigenvalue weighted by Gasteiger charge is -2.09. The number of nitrogens with two attached hydrogens (primary N) is 1. The molecule has 3 N–H and O–H groups in total. The molecule has 17 heavy (non-hydrogen) atoms. The maximum Gasteiger partial charge on any atom is 0.175 e. The maximum absolute atomic E-state index is 6.01. The van der Waals surface area contributed by atoms with E-state index in [-0.39, 0.29) is 10.3 Å². The Bertz CT molecular complexity index is 510. The van der Waals surface area contributed by atoms with Gasteiger partial charge in [0.15, 0.2) is 10.3 Å². The molecule has 0 saturated heterocycles. The molecule has 4 nitrogen and oxygen atoms in total. The molecular weight excluding hydrogens is 282 g/mol. The van der Waals surface area contributed by atoms with Crippen molar-refractivity contribution in [3.8, 4) is 0 Å². The maximum atomic E-state index is 6.01. The zero-order valence-corrected chi connectivity index (χ0v) is 10.7. The molecule has 0 spiro atoms. The summed E-state index contributed by atoms with van der Waals surface area (Å²) in [5.74, 6) is 0. The summed E-state index contributed by atoms with van der Waals surface area (Å²) in [6.07, 6.45) is 0.